The Morgan fingerprint density at radius 3 is 2.45 bits per heavy atom. The second-order valence-electron chi connectivity index (χ2n) is 7.25. The van der Waals surface area contributed by atoms with E-state index in [-0.39, 0.29) is 17.4 Å². The second-order valence-corrected chi connectivity index (χ2v) is 8.93. The van der Waals surface area contributed by atoms with Gasteiger partial charge >= 0.3 is 0 Å². The van der Waals surface area contributed by atoms with Crippen molar-refractivity contribution < 1.29 is 17.9 Å². The molecule has 1 aromatic heterocycles. The molecule has 8 nitrogen and oxygen atoms in total. The summed E-state index contributed by atoms with van der Waals surface area (Å²) in [6.07, 6.45) is 6.09. The van der Waals surface area contributed by atoms with Crippen molar-refractivity contribution in [1.29, 1.82) is 0 Å². The second kappa shape index (κ2) is 10.1. The molecule has 3 aromatic rings. The minimum absolute atomic E-state index is 0.114. The zero-order valence-corrected chi connectivity index (χ0v) is 18.4. The summed E-state index contributed by atoms with van der Waals surface area (Å²) < 4.78 is 35.2. The number of carbonyl (C=O) groups is 1. The summed E-state index contributed by atoms with van der Waals surface area (Å²) in [6.45, 7) is 4.98. The van der Waals surface area contributed by atoms with Gasteiger partial charge in [0.25, 0.3) is 15.9 Å². The monoisotopic (exact) mass is 442 g/mol. The molecule has 3 rings (SSSR count). The van der Waals surface area contributed by atoms with Crippen LogP contribution < -0.4 is 14.8 Å². The van der Waals surface area contributed by atoms with Crippen molar-refractivity contribution in [3.63, 3.8) is 0 Å². The summed E-state index contributed by atoms with van der Waals surface area (Å²) in [5, 5.41) is 2.78. The van der Waals surface area contributed by atoms with Crippen LogP contribution in [0.3, 0.4) is 0 Å². The number of imidazole rings is 1. The van der Waals surface area contributed by atoms with Gasteiger partial charge in [0.15, 0.2) is 6.61 Å². The van der Waals surface area contributed by atoms with Crippen LogP contribution in [0.5, 0.6) is 5.75 Å². The molecule has 0 bridgehead atoms. The number of hydrogen-bond acceptors (Lipinski definition) is 5. The third-order valence-electron chi connectivity index (χ3n) is 4.45. The predicted octanol–water partition coefficient (Wildman–Crippen LogP) is 2.89. The molecule has 0 unspecified atom stereocenters. The van der Waals surface area contributed by atoms with Gasteiger partial charge in [0.1, 0.15) is 5.75 Å². The van der Waals surface area contributed by atoms with Gasteiger partial charge in [-0.3, -0.25) is 9.52 Å². The van der Waals surface area contributed by atoms with Gasteiger partial charge in [0.05, 0.1) is 11.2 Å². The smallest absolute Gasteiger partial charge is 0.261 e. The quantitative estimate of drug-likeness (QED) is 0.470. The van der Waals surface area contributed by atoms with Crippen LogP contribution in [0, 0.1) is 13.8 Å². The summed E-state index contributed by atoms with van der Waals surface area (Å²) in [5.41, 5.74) is 2.46. The molecule has 0 aliphatic rings. The number of amides is 1. The molecule has 0 saturated carbocycles. The predicted molar refractivity (Wildman–Crippen MR) is 119 cm³/mol. The molecule has 0 spiro atoms. The molecule has 0 aliphatic carbocycles. The van der Waals surface area contributed by atoms with E-state index in [1.54, 1.807) is 24.7 Å². The first-order valence-electron chi connectivity index (χ1n) is 9.88. The number of aromatic nitrogens is 2. The third kappa shape index (κ3) is 6.85. The Balaban J connectivity index is 1.47. The van der Waals surface area contributed by atoms with Crippen molar-refractivity contribution in [1.82, 2.24) is 14.9 Å². The molecule has 9 heteroatoms. The number of nitrogens with zero attached hydrogens (tertiary/aromatic N) is 2. The molecular weight excluding hydrogens is 416 g/mol. The Labute approximate surface area is 182 Å². The molecule has 0 fully saturated rings. The summed E-state index contributed by atoms with van der Waals surface area (Å²) >= 11 is 0. The van der Waals surface area contributed by atoms with Crippen LogP contribution >= 0.6 is 0 Å². The van der Waals surface area contributed by atoms with Gasteiger partial charge in [-0.25, -0.2) is 13.4 Å². The van der Waals surface area contributed by atoms with Crippen LogP contribution in [0.1, 0.15) is 17.5 Å². The molecule has 164 valence electrons. The summed E-state index contributed by atoms with van der Waals surface area (Å²) in [6, 6.07) is 11.5. The Morgan fingerprint density at radius 2 is 1.81 bits per heavy atom. The van der Waals surface area contributed by atoms with Crippen LogP contribution in [0.25, 0.3) is 0 Å². The molecule has 0 saturated heterocycles. The van der Waals surface area contributed by atoms with E-state index in [2.05, 4.69) is 15.0 Å². The Hall–Kier alpha value is -3.33. The number of carbonyl (C=O) groups excluding carboxylic acids is 1. The maximum atomic E-state index is 12.6. The number of benzene rings is 2. The average Bonchev–Trinajstić information content (AvgIpc) is 3.22. The fourth-order valence-electron chi connectivity index (χ4n) is 3.07. The third-order valence-corrected chi connectivity index (χ3v) is 5.85. The highest BCUT2D eigenvalue weighted by Crippen LogP contribution is 2.21. The molecule has 31 heavy (non-hydrogen) atoms. The molecule has 2 N–H and O–H groups in total. The lowest BCUT2D eigenvalue weighted by molar-refractivity contribution is -0.123. The van der Waals surface area contributed by atoms with Gasteiger partial charge in [0, 0.05) is 31.2 Å². The summed E-state index contributed by atoms with van der Waals surface area (Å²) in [4.78, 5) is 16.0. The number of nitrogens with one attached hydrogen (secondary N) is 2. The van der Waals surface area contributed by atoms with Crippen molar-refractivity contribution >= 4 is 21.6 Å². The molecule has 2 aromatic carbocycles. The number of ether oxygens (including phenoxy) is 1. The molecule has 0 atom stereocenters. The maximum absolute atomic E-state index is 12.6. The average molecular weight is 443 g/mol. The van der Waals surface area contributed by atoms with Gasteiger partial charge in [-0.05, 0) is 67.8 Å². The SMILES string of the molecule is Cc1cc(C)cc(NS(=O)(=O)c2ccc(OCC(=O)NCCCn3ccnc3)cc2)c1. The standard InChI is InChI=1S/C22H26N4O4S/c1-17-12-18(2)14-19(13-17)25-31(28,29)21-6-4-20(5-7-21)30-15-22(27)24-8-3-10-26-11-9-23-16-26/h4-7,9,11-14,16,25H,3,8,10,15H2,1-2H3,(H,24,27). The Kier molecular flexibility index (Phi) is 7.30. The molecule has 0 radical (unpaired) electrons. The molecular formula is C22H26N4O4S. The number of sulfonamides is 1. The van der Waals surface area contributed by atoms with Crippen molar-refractivity contribution in [2.45, 2.75) is 31.7 Å². The van der Waals surface area contributed by atoms with Crippen LogP contribution in [0.2, 0.25) is 0 Å². The van der Waals surface area contributed by atoms with E-state index in [9.17, 15) is 13.2 Å². The lowest BCUT2D eigenvalue weighted by Gasteiger charge is -2.11. The lowest BCUT2D eigenvalue weighted by Crippen LogP contribution is -2.30. The van der Waals surface area contributed by atoms with E-state index in [1.807, 2.05) is 30.7 Å². The largest absolute Gasteiger partial charge is 0.484 e. The van der Waals surface area contributed by atoms with Gasteiger partial charge in [-0.2, -0.15) is 0 Å². The van der Waals surface area contributed by atoms with Gasteiger partial charge < -0.3 is 14.6 Å². The van der Waals surface area contributed by atoms with Crippen LogP contribution in [0.15, 0.2) is 66.1 Å². The summed E-state index contributed by atoms with van der Waals surface area (Å²) in [7, 11) is -3.72. The first kappa shape index (κ1) is 22.4. The van der Waals surface area contributed by atoms with Gasteiger partial charge in [0.2, 0.25) is 0 Å². The molecule has 1 amide bonds. The number of rotatable bonds is 10. The minimum Gasteiger partial charge on any atom is -0.484 e. The van der Waals surface area contributed by atoms with E-state index in [4.69, 9.17) is 4.74 Å². The normalized spacial score (nSPS) is 11.2. The maximum Gasteiger partial charge on any atom is 0.261 e. The van der Waals surface area contributed by atoms with E-state index < -0.39 is 10.0 Å². The van der Waals surface area contributed by atoms with E-state index in [0.29, 0.717) is 18.0 Å². The number of hydrogen-bond donors (Lipinski definition) is 2. The first-order valence-corrected chi connectivity index (χ1v) is 11.4. The zero-order valence-electron chi connectivity index (χ0n) is 17.5. The highest BCUT2D eigenvalue weighted by molar-refractivity contribution is 7.92. The molecule has 1 heterocycles. The fourth-order valence-corrected chi connectivity index (χ4v) is 4.11. The van der Waals surface area contributed by atoms with Crippen LogP contribution in [-0.4, -0.2) is 37.0 Å². The number of anilines is 1. The van der Waals surface area contributed by atoms with Crippen molar-refractivity contribution in [3.8, 4) is 5.75 Å². The Bertz CT molecular complexity index is 1090. The van der Waals surface area contributed by atoms with Gasteiger partial charge in [-0.15, -0.1) is 0 Å². The zero-order chi connectivity index (χ0) is 22.3. The van der Waals surface area contributed by atoms with E-state index in [1.165, 1.54) is 24.3 Å². The van der Waals surface area contributed by atoms with E-state index in [0.717, 1.165) is 24.1 Å². The topological polar surface area (TPSA) is 102 Å². The highest BCUT2D eigenvalue weighted by atomic mass is 32.2. The summed E-state index contributed by atoms with van der Waals surface area (Å²) in [5.74, 6) is 0.178. The Morgan fingerprint density at radius 1 is 1.10 bits per heavy atom. The van der Waals surface area contributed by atoms with E-state index >= 15 is 0 Å². The van der Waals surface area contributed by atoms with Gasteiger partial charge in [-0.1, -0.05) is 6.07 Å². The number of aryl methyl sites for hydroxylation is 3. The van der Waals surface area contributed by atoms with Crippen molar-refractivity contribution in [2.24, 2.45) is 0 Å². The molecule has 0 aliphatic heterocycles. The van der Waals surface area contributed by atoms with Crippen LogP contribution in [0.4, 0.5) is 5.69 Å². The van der Waals surface area contributed by atoms with Crippen LogP contribution in [-0.2, 0) is 21.4 Å². The lowest BCUT2D eigenvalue weighted by atomic mass is 10.1. The minimum atomic E-state index is -3.72. The first-order chi connectivity index (χ1) is 14.8. The highest BCUT2D eigenvalue weighted by Gasteiger charge is 2.15. The fraction of sp³-hybridized carbons (Fsp3) is 0.273. The van der Waals surface area contributed by atoms with Crippen molar-refractivity contribution in [2.75, 3.05) is 17.9 Å². The van der Waals surface area contributed by atoms with Crippen molar-refractivity contribution in [3.05, 3.63) is 72.3 Å².